The predicted octanol–water partition coefficient (Wildman–Crippen LogP) is 4.33. The molecule has 12 heavy (non-hydrogen) atoms. The minimum atomic E-state index is -2.18. The van der Waals surface area contributed by atoms with Crippen LogP contribution in [0.25, 0.3) is 0 Å². The summed E-state index contributed by atoms with van der Waals surface area (Å²) >= 11 is 13.8. The monoisotopic (exact) mass is 224 g/mol. The predicted molar refractivity (Wildman–Crippen MR) is 57.7 cm³/mol. The molecule has 0 aromatic rings. The molecule has 0 aliphatic heterocycles. The molecule has 3 saturated carbocycles. The SMILES string of the molecule is ClP(Cl)(C1CC1)(C1CC1)C1CC1. The molecule has 0 nitrogen and oxygen atoms in total. The van der Waals surface area contributed by atoms with E-state index < -0.39 is 5.31 Å². The van der Waals surface area contributed by atoms with E-state index in [2.05, 4.69) is 0 Å². The Bertz CT molecular complexity index is 189. The molecule has 3 fully saturated rings. The molecule has 0 heterocycles. The molecular formula is C9H15Cl2P. The molecule has 0 radical (unpaired) electrons. The van der Waals surface area contributed by atoms with Crippen molar-refractivity contribution in [1.29, 1.82) is 0 Å². The van der Waals surface area contributed by atoms with Crippen LogP contribution in [0.4, 0.5) is 0 Å². The number of hydrogen-bond acceptors (Lipinski definition) is 0. The molecule has 3 rings (SSSR count). The summed E-state index contributed by atoms with van der Waals surface area (Å²) in [5.74, 6) is 0. The Morgan fingerprint density at radius 1 is 0.667 bits per heavy atom. The standard InChI is InChI=1S/C9H15Cl2P/c10-12(11,7-1-2-7,8-3-4-8)9-5-6-9/h7-9H,1-6H2. The van der Waals surface area contributed by atoms with Crippen LogP contribution >= 0.6 is 27.8 Å². The molecule has 0 saturated heterocycles. The van der Waals surface area contributed by atoms with E-state index >= 15 is 0 Å². The van der Waals surface area contributed by atoms with Gasteiger partial charge in [-0.3, -0.25) is 0 Å². The summed E-state index contributed by atoms with van der Waals surface area (Å²) < 4.78 is 0. The zero-order valence-corrected chi connectivity index (χ0v) is 9.58. The summed E-state index contributed by atoms with van der Waals surface area (Å²) in [5, 5.41) is -2.18. The Kier molecular flexibility index (Phi) is 1.49. The third-order valence-electron chi connectivity index (χ3n) is 3.73. The summed E-state index contributed by atoms with van der Waals surface area (Å²) in [6, 6.07) is 0. The quantitative estimate of drug-likeness (QED) is 0.627. The van der Waals surface area contributed by atoms with Gasteiger partial charge in [0.1, 0.15) is 0 Å². The van der Waals surface area contributed by atoms with E-state index in [0.717, 1.165) is 17.0 Å². The van der Waals surface area contributed by atoms with Gasteiger partial charge in [0.2, 0.25) is 0 Å². The van der Waals surface area contributed by atoms with Crippen LogP contribution in [0.5, 0.6) is 0 Å². The Balaban J connectivity index is 1.96. The van der Waals surface area contributed by atoms with Crippen LogP contribution in [-0.4, -0.2) is 17.0 Å². The maximum atomic E-state index is 6.88. The average molecular weight is 225 g/mol. The van der Waals surface area contributed by atoms with Crippen molar-refractivity contribution in [2.24, 2.45) is 0 Å². The van der Waals surface area contributed by atoms with Crippen LogP contribution in [-0.2, 0) is 0 Å². The fourth-order valence-electron chi connectivity index (χ4n) is 2.60. The summed E-state index contributed by atoms with van der Waals surface area (Å²) in [7, 11) is 0. The van der Waals surface area contributed by atoms with Gasteiger partial charge in [-0.2, -0.15) is 0 Å². The zero-order chi connectivity index (χ0) is 8.42. The van der Waals surface area contributed by atoms with Crippen LogP contribution in [0.15, 0.2) is 0 Å². The summed E-state index contributed by atoms with van der Waals surface area (Å²) in [4.78, 5) is 0. The van der Waals surface area contributed by atoms with Crippen molar-refractivity contribution in [2.45, 2.75) is 55.5 Å². The summed E-state index contributed by atoms with van der Waals surface area (Å²) in [5.41, 5.74) is 2.29. The van der Waals surface area contributed by atoms with Crippen LogP contribution in [0.1, 0.15) is 38.5 Å². The molecule has 0 aromatic carbocycles. The normalized spacial score (nSPS) is 34.3. The van der Waals surface area contributed by atoms with Crippen molar-refractivity contribution in [3.8, 4) is 0 Å². The van der Waals surface area contributed by atoms with Gasteiger partial charge in [-0.15, -0.1) is 0 Å². The van der Waals surface area contributed by atoms with Gasteiger partial charge >= 0.3 is 83.3 Å². The molecule has 3 aliphatic carbocycles. The Morgan fingerprint density at radius 2 is 0.917 bits per heavy atom. The number of hydrogen-bond donors (Lipinski definition) is 0. The van der Waals surface area contributed by atoms with Gasteiger partial charge in [0.25, 0.3) is 0 Å². The first-order valence-corrected chi connectivity index (χ1v) is 9.32. The van der Waals surface area contributed by atoms with E-state index in [-0.39, 0.29) is 0 Å². The molecule has 0 unspecified atom stereocenters. The third-order valence-corrected chi connectivity index (χ3v) is 14.4. The minimum absolute atomic E-state index is 0.763. The van der Waals surface area contributed by atoms with Crippen LogP contribution in [0.3, 0.4) is 0 Å². The average Bonchev–Trinajstić information content (AvgIpc) is 2.81. The van der Waals surface area contributed by atoms with Gasteiger partial charge in [0.15, 0.2) is 0 Å². The third kappa shape index (κ3) is 0.954. The molecule has 0 aromatic heterocycles. The Morgan fingerprint density at radius 3 is 1.08 bits per heavy atom. The maximum absolute atomic E-state index is 6.88. The molecule has 3 heteroatoms. The van der Waals surface area contributed by atoms with E-state index in [9.17, 15) is 0 Å². The molecule has 0 spiro atoms. The molecule has 0 amide bonds. The molecule has 70 valence electrons. The second kappa shape index (κ2) is 2.15. The first kappa shape index (κ1) is 8.33. The van der Waals surface area contributed by atoms with Gasteiger partial charge < -0.3 is 0 Å². The van der Waals surface area contributed by atoms with Gasteiger partial charge in [-0.1, -0.05) is 0 Å². The van der Waals surface area contributed by atoms with Crippen LogP contribution in [0, 0.1) is 0 Å². The van der Waals surface area contributed by atoms with Gasteiger partial charge in [-0.05, 0) is 0 Å². The van der Waals surface area contributed by atoms with Crippen molar-refractivity contribution in [3.63, 3.8) is 0 Å². The summed E-state index contributed by atoms with van der Waals surface area (Å²) in [6.45, 7) is 0. The fraction of sp³-hybridized carbons (Fsp3) is 1.00. The van der Waals surface area contributed by atoms with Crippen LogP contribution < -0.4 is 0 Å². The van der Waals surface area contributed by atoms with Crippen LogP contribution in [0.2, 0.25) is 0 Å². The van der Waals surface area contributed by atoms with E-state index in [1.807, 2.05) is 0 Å². The number of halogens is 2. The second-order valence-corrected chi connectivity index (χ2v) is 14.2. The van der Waals surface area contributed by atoms with Crippen molar-refractivity contribution in [3.05, 3.63) is 0 Å². The molecular weight excluding hydrogens is 210 g/mol. The molecule has 3 aliphatic rings. The Hall–Kier alpha value is 1.01. The van der Waals surface area contributed by atoms with Crippen molar-refractivity contribution < 1.29 is 0 Å². The van der Waals surface area contributed by atoms with Crippen molar-refractivity contribution in [1.82, 2.24) is 0 Å². The zero-order valence-electron chi connectivity index (χ0n) is 7.18. The van der Waals surface area contributed by atoms with E-state index in [1.165, 1.54) is 38.5 Å². The molecule has 0 N–H and O–H groups in total. The van der Waals surface area contributed by atoms with Gasteiger partial charge in [0, 0.05) is 0 Å². The first-order valence-electron chi connectivity index (χ1n) is 5.06. The van der Waals surface area contributed by atoms with E-state index in [1.54, 1.807) is 0 Å². The molecule has 0 bridgehead atoms. The number of rotatable bonds is 3. The van der Waals surface area contributed by atoms with E-state index in [0.29, 0.717) is 0 Å². The first-order chi connectivity index (χ1) is 5.62. The molecule has 0 atom stereocenters. The topological polar surface area (TPSA) is 0 Å². The Labute approximate surface area is 83.5 Å². The van der Waals surface area contributed by atoms with Crippen molar-refractivity contribution >= 4 is 27.8 Å². The van der Waals surface area contributed by atoms with Crippen molar-refractivity contribution in [2.75, 3.05) is 0 Å². The fourth-order valence-corrected chi connectivity index (χ4v) is 11.3. The van der Waals surface area contributed by atoms with E-state index in [4.69, 9.17) is 22.5 Å². The van der Waals surface area contributed by atoms with Gasteiger partial charge in [0.05, 0.1) is 0 Å². The van der Waals surface area contributed by atoms with Gasteiger partial charge in [-0.25, -0.2) is 0 Å². The summed E-state index contributed by atoms with van der Waals surface area (Å²) in [6.07, 6.45) is 7.99. The second-order valence-electron chi connectivity index (χ2n) is 4.79.